The van der Waals surface area contributed by atoms with Gasteiger partial charge < -0.3 is 33.8 Å². The summed E-state index contributed by atoms with van der Waals surface area (Å²) >= 11 is 0. The molecule has 19 heteroatoms. The van der Waals surface area contributed by atoms with E-state index in [0.717, 1.165) is 89.9 Å². The van der Waals surface area contributed by atoms with Crippen LogP contribution in [0.5, 0.6) is 0 Å². The summed E-state index contributed by atoms with van der Waals surface area (Å²) in [6, 6.07) is 0. The van der Waals surface area contributed by atoms with Gasteiger partial charge in [0.1, 0.15) is 19.3 Å². The van der Waals surface area contributed by atoms with Gasteiger partial charge in [0.05, 0.1) is 26.4 Å². The Kier molecular flexibility index (Phi) is 69.1. The molecule has 2 unspecified atom stereocenters. The predicted octanol–water partition coefficient (Wildman–Crippen LogP) is 22.6. The Hall–Kier alpha value is -1.94. The second kappa shape index (κ2) is 70.5. The molecule has 17 nitrogen and oxygen atoms in total. The van der Waals surface area contributed by atoms with Gasteiger partial charge in [0.15, 0.2) is 12.2 Å². The molecule has 0 bridgehead atoms. The molecule has 3 N–H and O–H groups in total. The fraction of sp³-hybridized carbons (Fsp3) is 0.947. The normalized spacial score (nSPS) is 13.9. The lowest BCUT2D eigenvalue weighted by atomic mass is 10.0. The van der Waals surface area contributed by atoms with E-state index in [2.05, 4.69) is 27.7 Å². The molecule has 564 valence electrons. The van der Waals surface area contributed by atoms with E-state index in [1.165, 1.54) is 238 Å². The lowest BCUT2D eigenvalue weighted by Gasteiger charge is -2.21. The zero-order chi connectivity index (χ0) is 69.7. The van der Waals surface area contributed by atoms with Crippen LogP contribution in [0, 0.1) is 0 Å². The van der Waals surface area contributed by atoms with Crippen molar-refractivity contribution < 1.29 is 80.2 Å². The number of hydrogen-bond donors (Lipinski definition) is 3. The van der Waals surface area contributed by atoms with Crippen molar-refractivity contribution >= 4 is 39.5 Å². The zero-order valence-electron chi connectivity index (χ0n) is 61.6. The quantitative estimate of drug-likeness (QED) is 0.0222. The van der Waals surface area contributed by atoms with E-state index in [4.69, 9.17) is 37.0 Å². The molecule has 0 saturated heterocycles. The van der Waals surface area contributed by atoms with Crippen molar-refractivity contribution in [2.24, 2.45) is 0 Å². The third-order valence-electron chi connectivity index (χ3n) is 17.9. The van der Waals surface area contributed by atoms with E-state index in [0.29, 0.717) is 25.7 Å². The summed E-state index contributed by atoms with van der Waals surface area (Å²) in [5.41, 5.74) is 0. The number of hydrogen-bond acceptors (Lipinski definition) is 15. The molecule has 0 radical (unpaired) electrons. The maximum Gasteiger partial charge on any atom is 0.472 e. The third kappa shape index (κ3) is 70.3. The number of phosphoric ester groups is 2. The molecule has 0 amide bonds. The summed E-state index contributed by atoms with van der Waals surface area (Å²) in [5.74, 6) is -2.11. The van der Waals surface area contributed by atoms with E-state index < -0.39 is 97.5 Å². The fourth-order valence-electron chi connectivity index (χ4n) is 11.8. The van der Waals surface area contributed by atoms with Crippen LogP contribution in [0.4, 0.5) is 0 Å². The average molecular weight is 1400 g/mol. The predicted molar refractivity (Wildman–Crippen MR) is 386 cm³/mol. The summed E-state index contributed by atoms with van der Waals surface area (Å²) in [5, 5.41) is 10.6. The number of unbranched alkanes of at least 4 members (excludes halogenated alkanes) is 51. The molecule has 0 saturated carbocycles. The van der Waals surface area contributed by atoms with Gasteiger partial charge in [0.2, 0.25) is 0 Å². The molecule has 95 heavy (non-hydrogen) atoms. The minimum atomic E-state index is -4.95. The van der Waals surface area contributed by atoms with Crippen LogP contribution < -0.4 is 0 Å². The highest BCUT2D eigenvalue weighted by atomic mass is 31.2. The molecular formula is C76H148O17P2. The Morgan fingerprint density at radius 2 is 0.421 bits per heavy atom. The first-order chi connectivity index (χ1) is 46.2. The van der Waals surface area contributed by atoms with E-state index in [1.54, 1.807) is 0 Å². The van der Waals surface area contributed by atoms with Crippen LogP contribution in [-0.4, -0.2) is 96.7 Å². The topological polar surface area (TPSA) is 237 Å². The van der Waals surface area contributed by atoms with Crippen LogP contribution in [0.1, 0.15) is 407 Å². The lowest BCUT2D eigenvalue weighted by Crippen LogP contribution is -2.30. The molecular weight excluding hydrogens is 1250 g/mol. The van der Waals surface area contributed by atoms with Crippen LogP contribution in [0.2, 0.25) is 0 Å². The molecule has 5 atom stereocenters. The van der Waals surface area contributed by atoms with Gasteiger partial charge in [0, 0.05) is 25.7 Å². The van der Waals surface area contributed by atoms with E-state index >= 15 is 0 Å². The molecule has 0 aromatic carbocycles. The smallest absolute Gasteiger partial charge is 0.462 e. The van der Waals surface area contributed by atoms with Crippen molar-refractivity contribution in [1.29, 1.82) is 0 Å². The van der Waals surface area contributed by atoms with Gasteiger partial charge in [-0.2, -0.15) is 0 Å². The first kappa shape index (κ1) is 93.1. The maximum absolute atomic E-state index is 13.1. The highest BCUT2D eigenvalue weighted by Crippen LogP contribution is 2.45. The number of aliphatic hydroxyl groups excluding tert-OH is 1. The Morgan fingerprint density at radius 3 is 0.621 bits per heavy atom. The molecule has 0 rings (SSSR count). The monoisotopic (exact) mass is 1400 g/mol. The summed E-state index contributed by atoms with van der Waals surface area (Å²) in [6.07, 6.45) is 61.1. The fourth-order valence-corrected chi connectivity index (χ4v) is 13.3. The Morgan fingerprint density at radius 1 is 0.253 bits per heavy atom. The Labute approximate surface area is 581 Å². The number of rotatable bonds is 77. The Balaban J connectivity index is 5.15. The van der Waals surface area contributed by atoms with Crippen LogP contribution >= 0.6 is 15.6 Å². The standard InChI is InChI=1S/C76H148O17P2/c1-5-9-13-17-21-25-28-31-32-33-34-35-36-37-38-39-40-43-47-51-55-59-63-76(81)93-72(67-87-74(79)61-57-53-49-45-41-29-26-22-18-14-10-6-2)69-91-95(84,85)89-65-70(77)64-88-94(82,83)90-68-71(66-86-73(78)60-56-52-48-44-24-20-16-12-8-4)92-75(80)62-58-54-50-46-42-30-27-23-19-15-11-7-3/h70-72,77H,5-69H2,1-4H3,(H,82,83)(H,84,85)/t70-,71+,72+/m0/s1. The van der Waals surface area contributed by atoms with Crippen molar-refractivity contribution in [2.75, 3.05) is 39.6 Å². The number of ether oxygens (including phenoxy) is 4. The van der Waals surface area contributed by atoms with Crippen LogP contribution in [-0.2, 0) is 65.4 Å². The molecule has 0 heterocycles. The largest absolute Gasteiger partial charge is 0.472 e. The minimum absolute atomic E-state index is 0.108. The van der Waals surface area contributed by atoms with Crippen molar-refractivity contribution in [3.8, 4) is 0 Å². The van der Waals surface area contributed by atoms with Crippen LogP contribution in [0.15, 0.2) is 0 Å². The van der Waals surface area contributed by atoms with Gasteiger partial charge in [0.25, 0.3) is 0 Å². The van der Waals surface area contributed by atoms with Crippen LogP contribution in [0.3, 0.4) is 0 Å². The highest BCUT2D eigenvalue weighted by Gasteiger charge is 2.30. The zero-order valence-corrected chi connectivity index (χ0v) is 63.4. The first-order valence-corrected chi connectivity index (χ1v) is 42.8. The molecule has 0 aliphatic heterocycles. The second-order valence-electron chi connectivity index (χ2n) is 27.4. The summed E-state index contributed by atoms with van der Waals surface area (Å²) in [4.78, 5) is 72.7. The van der Waals surface area contributed by atoms with E-state index in [1.807, 2.05) is 0 Å². The second-order valence-corrected chi connectivity index (χ2v) is 30.3. The van der Waals surface area contributed by atoms with E-state index in [9.17, 15) is 43.2 Å². The number of phosphoric acid groups is 2. The SMILES string of the molecule is CCCCCCCCCCCCCCCCCCCCCCCCC(=O)O[C@H](COC(=O)CCCCCCCCCCCCCC)COP(=O)(O)OC[C@@H](O)COP(=O)(O)OC[C@@H](COC(=O)CCCCCCCCCCC)OC(=O)CCCCCCCCCCCCCC. The van der Waals surface area contributed by atoms with Gasteiger partial charge in [-0.25, -0.2) is 9.13 Å². The highest BCUT2D eigenvalue weighted by molar-refractivity contribution is 7.47. The van der Waals surface area contributed by atoms with E-state index in [-0.39, 0.29) is 25.7 Å². The van der Waals surface area contributed by atoms with Gasteiger partial charge in [-0.3, -0.25) is 37.3 Å². The number of carbonyl (C=O) groups excluding carboxylic acids is 4. The molecule has 0 aliphatic rings. The molecule has 0 aliphatic carbocycles. The van der Waals surface area contributed by atoms with Crippen molar-refractivity contribution in [2.45, 2.75) is 425 Å². The van der Waals surface area contributed by atoms with Crippen LogP contribution in [0.25, 0.3) is 0 Å². The molecule has 0 aromatic rings. The molecule has 0 fully saturated rings. The number of aliphatic hydroxyl groups is 1. The summed E-state index contributed by atoms with van der Waals surface area (Å²) in [6.45, 7) is 4.97. The summed E-state index contributed by atoms with van der Waals surface area (Å²) < 4.78 is 68.4. The maximum atomic E-state index is 13.1. The minimum Gasteiger partial charge on any atom is -0.462 e. The summed E-state index contributed by atoms with van der Waals surface area (Å²) in [7, 11) is -9.90. The van der Waals surface area contributed by atoms with Gasteiger partial charge in [-0.05, 0) is 25.7 Å². The Bertz CT molecular complexity index is 1810. The lowest BCUT2D eigenvalue weighted by molar-refractivity contribution is -0.161. The van der Waals surface area contributed by atoms with Crippen molar-refractivity contribution in [3.05, 3.63) is 0 Å². The average Bonchev–Trinajstić information content (AvgIpc) is 2.01. The molecule has 0 spiro atoms. The number of esters is 4. The van der Waals surface area contributed by atoms with Crippen molar-refractivity contribution in [3.63, 3.8) is 0 Å². The van der Waals surface area contributed by atoms with Gasteiger partial charge in [-0.1, -0.05) is 355 Å². The third-order valence-corrected chi connectivity index (χ3v) is 19.8. The number of carbonyl (C=O) groups is 4. The van der Waals surface area contributed by atoms with Gasteiger partial charge in [-0.15, -0.1) is 0 Å². The first-order valence-electron chi connectivity index (χ1n) is 39.8. The van der Waals surface area contributed by atoms with Crippen molar-refractivity contribution in [1.82, 2.24) is 0 Å². The molecule has 0 aromatic heterocycles. The van der Waals surface area contributed by atoms with Gasteiger partial charge >= 0.3 is 39.5 Å².